The summed E-state index contributed by atoms with van der Waals surface area (Å²) in [5.74, 6) is 0.346. The maximum atomic E-state index is 12.8. The lowest BCUT2D eigenvalue weighted by atomic mass is 10.0. The number of pyridine rings is 1. The Morgan fingerprint density at radius 2 is 1.57 bits per heavy atom. The Morgan fingerprint density at radius 3 is 2.32 bits per heavy atom. The van der Waals surface area contributed by atoms with Gasteiger partial charge in [0.2, 0.25) is 0 Å². The number of rotatable bonds is 5. The summed E-state index contributed by atoms with van der Waals surface area (Å²) in [5, 5.41) is 1.99. The number of benzene rings is 3. The van der Waals surface area contributed by atoms with Crippen LogP contribution in [0.25, 0.3) is 10.8 Å². The van der Waals surface area contributed by atoms with Crippen LogP contribution < -0.4 is 4.74 Å². The fraction of sp³-hybridized carbons (Fsp3) is 0.0833. The highest BCUT2D eigenvalue weighted by Crippen LogP contribution is 2.32. The van der Waals surface area contributed by atoms with Gasteiger partial charge in [0.1, 0.15) is 5.75 Å². The first kappa shape index (κ1) is 17.7. The quantitative estimate of drug-likeness (QED) is 0.454. The summed E-state index contributed by atoms with van der Waals surface area (Å²) in [6.45, 7) is 0. The molecule has 0 saturated heterocycles. The molecule has 1 aromatic heterocycles. The third-order valence-corrected chi connectivity index (χ3v) is 4.61. The molecule has 0 spiro atoms. The molecule has 0 amide bonds. The van der Waals surface area contributed by atoms with Crippen molar-refractivity contribution in [3.05, 3.63) is 108 Å². The van der Waals surface area contributed by atoms with Gasteiger partial charge in [0.25, 0.3) is 0 Å². The summed E-state index contributed by atoms with van der Waals surface area (Å²) < 4.78 is 11.2. The second-order valence-electron chi connectivity index (χ2n) is 6.34. The number of hydrogen-bond acceptors (Lipinski definition) is 4. The number of carbonyl (C=O) groups excluding carboxylic acids is 1. The number of ether oxygens (including phenoxy) is 2. The average Bonchev–Trinajstić information content (AvgIpc) is 2.78. The molecule has 0 aliphatic heterocycles. The molecule has 0 unspecified atom stereocenters. The van der Waals surface area contributed by atoms with Gasteiger partial charge in [-0.25, -0.2) is 4.79 Å². The topological polar surface area (TPSA) is 48.4 Å². The third kappa shape index (κ3) is 3.58. The highest BCUT2D eigenvalue weighted by atomic mass is 16.5. The van der Waals surface area contributed by atoms with E-state index in [1.165, 1.54) is 0 Å². The molecule has 0 aliphatic carbocycles. The van der Waals surface area contributed by atoms with E-state index in [-0.39, 0.29) is 0 Å². The molecule has 4 aromatic rings. The molecule has 0 radical (unpaired) electrons. The molecule has 1 heterocycles. The van der Waals surface area contributed by atoms with Crippen LogP contribution in [0.1, 0.15) is 27.7 Å². The monoisotopic (exact) mass is 369 g/mol. The number of nitrogens with zero attached hydrogens (tertiary/aromatic N) is 1. The van der Waals surface area contributed by atoms with Crippen LogP contribution in [0, 0.1) is 0 Å². The minimum absolute atomic E-state index is 0.392. The number of esters is 1. The highest BCUT2D eigenvalue weighted by molar-refractivity contribution is 5.90. The average molecular weight is 369 g/mol. The van der Waals surface area contributed by atoms with Crippen molar-refractivity contribution in [1.82, 2.24) is 4.98 Å². The largest absolute Gasteiger partial charge is 0.497 e. The van der Waals surface area contributed by atoms with Crippen molar-refractivity contribution in [2.75, 3.05) is 7.11 Å². The van der Waals surface area contributed by atoms with Crippen LogP contribution in [0.5, 0.6) is 5.75 Å². The summed E-state index contributed by atoms with van der Waals surface area (Å²) in [4.78, 5) is 17.4. The Bertz CT molecular complexity index is 1090. The van der Waals surface area contributed by atoms with Gasteiger partial charge in [-0.3, -0.25) is 4.98 Å². The molecule has 0 saturated carbocycles. The highest BCUT2D eigenvalue weighted by Gasteiger charge is 2.23. The van der Waals surface area contributed by atoms with Gasteiger partial charge in [-0.1, -0.05) is 54.6 Å². The van der Waals surface area contributed by atoms with E-state index >= 15 is 0 Å². The van der Waals surface area contributed by atoms with Gasteiger partial charge in [-0.05, 0) is 41.3 Å². The fourth-order valence-corrected chi connectivity index (χ4v) is 3.16. The minimum atomic E-state index is -0.635. The molecule has 28 heavy (non-hydrogen) atoms. The van der Waals surface area contributed by atoms with Gasteiger partial charge in [-0.2, -0.15) is 0 Å². The van der Waals surface area contributed by atoms with E-state index in [0.717, 1.165) is 22.1 Å². The molecule has 4 rings (SSSR count). The lowest BCUT2D eigenvalue weighted by molar-refractivity contribution is 0.0373. The van der Waals surface area contributed by atoms with Crippen molar-refractivity contribution in [3.63, 3.8) is 0 Å². The lowest BCUT2D eigenvalue weighted by Crippen LogP contribution is -2.14. The molecular formula is C24H19NO3. The van der Waals surface area contributed by atoms with E-state index in [2.05, 4.69) is 4.98 Å². The van der Waals surface area contributed by atoms with Crippen LogP contribution in [0.2, 0.25) is 0 Å². The van der Waals surface area contributed by atoms with Gasteiger partial charge < -0.3 is 9.47 Å². The van der Waals surface area contributed by atoms with Crippen molar-refractivity contribution in [2.45, 2.75) is 6.10 Å². The van der Waals surface area contributed by atoms with Gasteiger partial charge >= 0.3 is 5.97 Å². The minimum Gasteiger partial charge on any atom is -0.497 e. The van der Waals surface area contributed by atoms with E-state index in [0.29, 0.717) is 11.3 Å². The van der Waals surface area contributed by atoms with Crippen LogP contribution in [-0.2, 0) is 4.74 Å². The molecule has 4 nitrogen and oxygen atoms in total. The normalized spacial score (nSPS) is 11.8. The zero-order chi connectivity index (χ0) is 19.3. The summed E-state index contributed by atoms with van der Waals surface area (Å²) in [7, 11) is 1.62. The summed E-state index contributed by atoms with van der Waals surface area (Å²) in [5.41, 5.74) is 2.03. The van der Waals surface area contributed by atoms with Crippen LogP contribution in [0.4, 0.5) is 0 Å². The molecular weight excluding hydrogens is 350 g/mol. The standard InChI is InChI=1S/C24H19NO3/c1-27-20-13-11-18(12-14-20)23(28-24(26)19-8-3-2-4-9-19)22-21-10-6-5-7-17(21)15-16-25-22/h2-16,23H,1H3/t23-/m1/s1. The Morgan fingerprint density at radius 1 is 0.857 bits per heavy atom. The first-order chi connectivity index (χ1) is 13.8. The number of aromatic nitrogens is 1. The molecule has 1 atom stereocenters. The van der Waals surface area contributed by atoms with E-state index in [9.17, 15) is 4.79 Å². The van der Waals surface area contributed by atoms with Crippen LogP contribution in [-0.4, -0.2) is 18.1 Å². The van der Waals surface area contributed by atoms with Crippen LogP contribution >= 0.6 is 0 Å². The third-order valence-electron chi connectivity index (χ3n) is 4.61. The SMILES string of the molecule is COc1ccc([C@@H](OC(=O)c2ccccc2)c2nccc3ccccc23)cc1. The van der Waals surface area contributed by atoms with Crippen molar-refractivity contribution in [3.8, 4) is 5.75 Å². The van der Waals surface area contributed by atoms with E-state index in [1.807, 2.05) is 72.8 Å². The van der Waals surface area contributed by atoms with Gasteiger partial charge in [0, 0.05) is 11.6 Å². The zero-order valence-electron chi connectivity index (χ0n) is 15.4. The number of methoxy groups -OCH3 is 1. The first-order valence-corrected chi connectivity index (χ1v) is 9.00. The first-order valence-electron chi connectivity index (χ1n) is 9.00. The second kappa shape index (κ2) is 7.92. The molecule has 0 N–H and O–H groups in total. The van der Waals surface area contributed by atoms with Crippen molar-refractivity contribution < 1.29 is 14.3 Å². The molecule has 0 fully saturated rings. The van der Waals surface area contributed by atoms with Gasteiger partial charge in [0.15, 0.2) is 6.10 Å². The van der Waals surface area contributed by atoms with Crippen molar-refractivity contribution in [2.24, 2.45) is 0 Å². The summed E-state index contributed by atoms with van der Waals surface area (Å²) in [6, 6.07) is 26.4. The Kier molecular flexibility index (Phi) is 5.02. The summed E-state index contributed by atoms with van der Waals surface area (Å²) in [6.07, 6.45) is 1.11. The maximum Gasteiger partial charge on any atom is 0.339 e. The number of fused-ring (bicyclic) bond motifs is 1. The molecule has 0 aliphatic rings. The molecule has 4 heteroatoms. The van der Waals surface area contributed by atoms with E-state index in [1.54, 1.807) is 25.4 Å². The van der Waals surface area contributed by atoms with Crippen molar-refractivity contribution in [1.29, 1.82) is 0 Å². The second-order valence-corrected chi connectivity index (χ2v) is 6.34. The van der Waals surface area contributed by atoms with Crippen LogP contribution in [0.15, 0.2) is 91.1 Å². The van der Waals surface area contributed by atoms with Gasteiger partial charge in [0.05, 0.1) is 18.4 Å². The zero-order valence-corrected chi connectivity index (χ0v) is 15.4. The van der Waals surface area contributed by atoms with E-state index in [4.69, 9.17) is 9.47 Å². The smallest absolute Gasteiger partial charge is 0.339 e. The Balaban J connectivity index is 1.79. The fourth-order valence-electron chi connectivity index (χ4n) is 3.16. The number of hydrogen-bond donors (Lipinski definition) is 0. The maximum absolute atomic E-state index is 12.8. The summed E-state index contributed by atoms with van der Waals surface area (Å²) >= 11 is 0. The predicted octanol–water partition coefficient (Wildman–Crippen LogP) is 5.19. The van der Waals surface area contributed by atoms with Crippen LogP contribution in [0.3, 0.4) is 0 Å². The number of carbonyl (C=O) groups is 1. The molecule has 3 aromatic carbocycles. The van der Waals surface area contributed by atoms with Crippen molar-refractivity contribution >= 4 is 16.7 Å². The Labute approximate surface area is 163 Å². The van der Waals surface area contributed by atoms with Gasteiger partial charge in [-0.15, -0.1) is 0 Å². The molecule has 138 valence electrons. The predicted molar refractivity (Wildman–Crippen MR) is 108 cm³/mol. The van der Waals surface area contributed by atoms with E-state index < -0.39 is 12.1 Å². The Hall–Kier alpha value is -3.66. The lowest BCUT2D eigenvalue weighted by Gasteiger charge is -2.20. The molecule has 0 bridgehead atoms.